The first-order chi connectivity index (χ1) is 19.8. The molecule has 0 aliphatic carbocycles. The second kappa shape index (κ2) is 12.2. The van der Waals surface area contributed by atoms with Gasteiger partial charge in [0.05, 0.1) is 29.5 Å². The highest BCUT2D eigenvalue weighted by molar-refractivity contribution is 6.31. The Bertz CT molecular complexity index is 1580. The minimum atomic E-state index is -1.64. The number of halogens is 4. The predicted molar refractivity (Wildman–Crippen MR) is 160 cm³/mol. The fourth-order valence-corrected chi connectivity index (χ4v) is 5.89. The van der Waals surface area contributed by atoms with Gasteiger partial charge < -0.3 is 20.5 Å². The third-order valence-corrected chi connectivity index (χ3v) is 7.81. The number of carboxylic acid groups (broad SMARTS) is 1. The number of hydrogen-bond acceptors (Lipinski definition) is 5. The normalized spacial score (nSPS) is 21.1. The lowest BCUT2D eigenvalue weighted by Crippen LogP contribution is -2.35. The lowest BCUT2D eigenvalue weighted by molar-refractivity contribution is 0.0696. The standard InChI is InChI=1S/C32H31Cl2F2N3O3/c1-31(2,3)16-27-32(17-37,21-10-9-19(33)15-23(21)35)28(20-6-5-7-22(34)29(20)36)25(39-27)12-13-38-24-11-8-18(30(40)41)14-26(24)42-4/h5-11,14-16,25,28,38-39H,12-13H2,1-4H3,(H,40,41)/b27-16-/t25-,28?,32-/m0/s1. The predicted octanol–water partition coefficient (Wildman–Crippen LogP) is 7.93. The van der Waals surface area contributed by atoms with E-state index in [1.165, 1.54) is 37.4 Å². The minimum absolute atomic E-state index is 0.0724. The van der Waals surface area contributed by atoms with Gasteiger partial charge >= 0.3 is 5.97 Å². The summed E-state index contributed by atoms with van der Waals surface area (Å²) in [7, 11) is 1.44. The summed E-state index contributed by atoms with van der Waals surface area (Å²) in [5, 5.41) is 27.0. The summed E-state index contributed by atoms with van der Waals surface area (Å²) >= 11 is 12.3. The maximum atomic E-state index is 15.8. The van der Waals surface area contributed by atoms with Crippen LogP contribution in [0.2, 0.25) is 10.0 Å². The Labute approximate surface area is 253 Å². The summed E-state index contributed by atoms with van der Waals surface area (Å²) < 4.78 is 36.8. The molecule has 3 aromatic carbocycles. The highest BCUT2D eigenvalue weighted by Crippen LogP contribution is 2.53. The fourth-order valence-electron chi connectivity index (χ4n) is 5.55. The Morgan fingerprint density at radius 3 is 2.55 bits per heavy atom. The molecule has 0 spiro atoms. The number of rotatable bonds is 8. The molecule has 3 atom stereocenters. The summed E-state index contributed by atoms with van der Waals surface area (Å²) in [4.78, 5) is 11.4. The average molecular weight is 615 g/mol. The number of aromatic carboxylic acids is 1. The first-order valence-corrected chi connectivity index (χ1v) is 14.0. The van der Waals surface area contributed by atoms with Crippen LogP contribution in [-0.4, -0.2) is 30.8 Å². The molecule has 1 aliphatic rings. The van der Waals surface area contributed by atoms with E-state index in [1.54, 1.807) is 18.2 Å². The summed E-state index contributed by atoms with van der Waals surface area (Å²) in [5.41, 5.74) is -0.717. The smallest absolute Gasteiger partial charge is 0.335 e. The number of methoxy groups -OCH3 is 1. The molecule has 3 aromatic rings. The number of nitrogens with zero attached hydrogens (tertiary/aromatic N) is 1. The van der Waals surface area contributed by atoms with Crippen molar-refractivity contribution in [1.29, 1.82) is 5.26 Å². The maximum absolute atomic E-state index is 15.8. The number of carboxylic acids is 1. The van der Waals surface area contributed by atoms with Gasteiger partial charge in [-0.1, -0.05) is 68.2 Å². The number of hydrogen-bond donors (Lipinski definition) is 3. The number of nitrogens with one attached hydrogen (secondary N) is 2. The van der Waals surface area contributed by atoms with Crippen LogP contribution in [0.4, 0.5) is 14.5 Å². The van der Waals surface area contributed by atoms with E-state index >= 15 is 8.78 Å². The second-order valence-electron chi connectivity index (χ2n) is 11.3. The van der Waals surface area contributed by atoms with E-state index in [9.17, 15) is 15.2 Å². The summed E-state index contributed by atoms with van der Waals surface area (Å²) in [6.45, 7) is 6.20. The number of anilines is 1. The van der Waals surface area contributed by atoms with Crippen LogP contribution in [0.3, 0.4) is 0 Å². The summed E-state index contributed by atoms with van der Waals surface area (Å²) in [6, 6.07) is 15.1. The van der Waals surface area contributed by atoms with Crippen LogP contribution in [0.1, 0.15) is 54.6 Å². The second-order valence-corrected chi connectivity index (χ2v) is 12.1. The Balaban J connectivity index is 1.84. The number of ether oxygens (including phenoxy) is 1. The first kappa shape index (κ1) is 31.1. The molecule has 1 saturated heterocycles. The first-order valence-electron chi connectivity index (χ1n) is 13.3. The molecule has 220 valence electrons. The molecule has 3 N–H and O–H groups in total. The molecule has 4 rings (SSSR count). The molecule has 1 unspecified atom stereocenters. The SMILES string of the molecule is COc1cc(C(=O)O)ccc1NCC[C@@H]1N/C(=C\C(C)(C)C)[C@](C#N)(c2ccc(Cl)cc2F)C1c1cccc(Cl)c1F. The van der Waals surface area contributed by atoms with Gasteiger partial charge in [0.2, 0.25) is 0 Å². The fraction of sp³-hybridized carbons (Fsp3) is 0.312. The van der Waals surface area contributed by atoms with Gasteiger partial charge in [-0.3, -0.25) is 0 Å². The molecule has 0 radical (unpaired) electrons. The van der Waals surface area contributed by atoms with E-state index in [4.69, 9.17) is 27.9 Å². The quantitative estimate of drug-likeness (QED) is 0.239. The number of allylic oxidation sites excluding steroid dienone is 2. The van der Waals surface area contributed by atoms with Gasteiger partial charge in [-0.15, -0.1) is 0 Å². The van der Waals surface area contributed by atoms with Gasteiger partial charge in [0.1, 0.15) is 22.8 Å². The molecule has 10 heteroatoms. The van der Waals surface area contributed by atoms with Crippen LogP contribution in [-0.2, 0) is 5.41 Å². The molecule has 0 amide bonds. The molecule has 1 aliphatic heterocycles. The topological polar surface area (TPSA) is 94.4 Å². The van der Waals surface area contributed by atoms with Gasteiger partial charge in [-0.25, -0.2) is 13.6 Å². The van der Waals surface area contributed by atoms with E-state index in [1.807, 2.05) is 26.8 Å². The van der Waals surface area contributed by atoms with E-state index in [0.717, 1.165) is 6.07 Å². The molecular formula is C32H31Cl2F2N3O3. The molecule has 1 fully saturated rings. The van der Waals surface area contributed by atoms with E-state index in [0.29, 0.717) is 30.1 Å². The Hall–Kier alpha value is -3.80. The van der Waals surface area contributed by atoms with Crippen molar-refractivity contribution in [3.05, 3.63) is 105 Å². The third kappa shape index (κ3) is 6.04. The van der Waals surface area contributed by atoms with Crippen LogP contribution in [0, 0.1) is 28.4 Å². The van der Waals surface area contributed by atoms with Crippen molar-refractivity contribution >= 4 is 34.9 Å². The largest absolute Gasteiger partial charge is 0.495 e. The van der Waals surface area contributed by atoms with Gasteiger partial charge in [0.15, 0.2) is 0 Å². The minimum Gasteiger partial charge on any atom is -0.495 e. The Morgan fingerprint density at radius 1 is 1.19 bits per heavy atom. The van der Waals surface area contributed by atoms with Crippen molar-refractivity contribution in [3.63, 3.8) is 0 Å². The highest BCUT2D eigenvalue weighted by Gasteiger charge is 2.56. The number of nitriles is 1. The molecular weight excluding hydrogens is 583 g/mol. The Kier molecular flexibility index (Phi) is 9.05. The van der Waals surface area contributed by atoms with Crippen molar-refractivity contribution in [1.82, 2.24) is 5.32 Å². The molecule has 42 heavy (non-hydrogen) atoms. The van der Waals surface area contributed by atoms with Crippen molar-refractivity contribution in [2.75, 3.05) is 19.0 Å². The van der Waals surface area contributed by atoms with Crippen LogP contribution in [0.5, 0.6) is 5.75 Å². The van der Waals surface area contributed by atoms with Crippen LogP contribution in [0.25, 0.3) is 0 Å². The molecule has 1 heterocycles. The van der Waals surface area contributed by atoms with E-state index < -0.39 is 40.4 Å². The zero-order chi connectivity index (χ0) is 30.8. The monoisotopic (exact) mass is 613 g/mol. The third-order valence-electron chi connectivity index (χ3n) is 7.28. The van der Waals surface area contributed by atoms with Crippen LogP contribution in [0.15, 0.2) is 66.4 Å². The lowest BCUT2D eigenvalue weighted by Gasteiger charge is -2.33. The van der Waals surface area contributed by atoms with E-state index in [2.05, 4.69) is 16.7 Å². The zero-order valence-electron chi connectivity index (χ0n) is 23.6. The van der Waals surface area contributed by atoms with Crippen molar-refractivity contribution in [3.8, 4) is 11.8 Å². The summed E-state index contributed by atoms with van der Waals surface area (Å²) in [6.07, 6.45) is 2.24. The average Bonchev–Trinajstić information content (AvgIpc) is 3.21. The van der Waals surface area contributed by atoms with Crippen molar-refractivity contribution in [2.24, 2.45) is 5.41 Å². The molecule has 0 bridgehead atoms. The van der Waals surface area contributed by atoms with E-state index in [-0.39, 0.29) is 26.7 Å². The van der Waals surface area contributed by atoms with Crippen molar-refractivity contribution in [2.45, 2.75) is 44.6 Å². The summed E-state index contributed by atoms with van der Waals surface area (Å²) in [5.74, 6) is -2.99. The lowest BCUT2D eigenvalue weighted by atomic mass is 9.65. The molecule has 0 saturated carbocycles. The van der Waals surface area contributed by atoms with Crippen molar-refractivity contribution < 1.29 is 23.4 Å². The zero-order valence-corrected chi connectivity index (χ0v) is 25.1. The Morgan fingerprint density at radius 2 is 1.93 bits per heavy atom. The maximum Gasteiger partial charge on any atom is 0.335 e. The van der Waals surface area contributed by atoms with Gasteiger partial charge in [0, 0.05) is 34.8 Å². The molecule has 6 nitrogen and oxygen atoms in total. The van der Waals surface area contributed by atoms with Gasteiger partial charge in [0.25, 0.3) is 0 Å². The molecule has 0 aromatic heterocycles. The highest BCUT2D eigenvalue weighted by atomic mass is 35.5. The van der Waals surface area contributed by atoms with Gasteiger partial charge in [-0.2, -0.15) is 5.26 Å². The van der Waals surface area contributed by atoms with Crippen LogP contribution < -0.4 is 15.4 Å². The number of benzene rings is 3. The number of carbonyl (C=O) groups is 1. The van der Waals surface area contributed by atoms with Gasteiger partial charge in [-0.05, 0) is 53.8 Å². The van der Waals surface area contributed by atoms with Crippen LogP contribution >= 0.6 is 23.2 Å².